The van der Waals surface area contributed by atoms with Crippen LogP contribution in [-0.2, 0) is 0 Å². The van der Waals surface area contributed by atoms with Crippen molar-refractivity contribution in [2.75, 3.05) is 0 Å². The monoisotopic (exact) mass is 920 g/mol. The molecule has 0 N–H and O–H groups in total. The fraction of sp³-hybridized carbons (Fsp3) is 0. The second kappa shape index (κ2) is 19.0. The number of benzene rings is 10. The molecule has 0 saturated heterocycles. The van der Waals surface area contributed by atoms with Crippen molar-refractivity contribution in [3.05, 3.63) is 273 Å². The van der Waals surface area contributed by atoms with Crippen LogP contribution in [0, 0.1) is 0 Å². The molecule has 0 spiro atoms. The number of hydrogen-bond acceptors (Lipinski definition) is 0. The smallest absolute Gasteiger partial charge is 0.00637 e. The van der Waals surface area contributed by atoms with E-state index >= 15 is 0 Å². The maximum Gasteiger partial charge on any atom is 0.00637 e. The molecule has 5 heteroatoms. The van der Waals surface area contributed by atoms with Crippen LogP contribution in [0.1, 0.15) is 0 Å². The zero-order chi connectivity index (χ0) is 43.4. The average Bonchev–Trinajstić information content (AvgIpc) is 3.76. The Morgan fingerprint density at radius 2 is 0.246 bits per heavy atom. The first-order chi connectivity index (χ1) is 32.2. The van der Waals surface area contributed by atoms with Gasteiger partial charge in [0.05, 0.1) is 0 Å². The van der Waals surface area contributed by atoms with E-state index in [0.29, 0.717) is 0 Å². The highest BCUT2D eigenvalue weighted by Gasteiger charge is 2.28. The molecule has 65 heavy (non-hydrogen) atoms. The number of hydrogen-bond donors (Lipinski definition) is 0. The van der Waals surface area contributed by atoms with Crippen molar-refractivity contribution in [1.82, 2.24) is 0 Å². The van der Waals surface area contributed by atoms with Crippen LogP contribution >= 0.6 is 34.4 Å². The van der Waals surface area contributed by atoms with Crippen LogP contribution in [0.3, 0.4) is 0 Å². The Balaban J connectivity index is 1.21. The van der Waals surface area contributed by atoms with Crippen molar-refractivity contribution in [2.45, 2.75) is 0 Å². The number of rotatable bonds is 10. The Bertz CT molecular complexity index is 2770. The fourth-order valence-electron chi connectivity index (χ4n) is 8.58. The van der Waals surface area contributed by atoms with E-state index in [1.807, 2.05) is 0 Å². The zero-order valence-electron chi connectivity index (χ0n) is 35.7. The summed E-state index contributed by atoms with van der Waals surface area (Å²) in [5, 5.41) is 7.62. The highest BCUT2D eigenvalue weighted by molar-refractivity contribution is 8.77. The molecule has 0 amide bonds. The van der Waals surface area contributed by atoms with Gasteiger partial charge in [-0.25, -0.2) is 0 Å². The van der Waals surface area contributed by atoms with E-state index in [1.54, 1.807) is 0 Å². The predicted octanol–water partition coefficient (Wildman–Crippen LogP) is 21.0. The van der Waals surface area contributed by atoms with Gasteiger partial charge >= 0.3 is 0 Å². The van der Waals surface area contributed by atoms with Crippen molar-refractivity contribution in [1.29, 1.82) is 0 Å². The molecule has 11 rings (SSSR count). The summed E-state index contributed by atoms with van der Waals surface area (Å²) in [4.78, 5) is 0. The average molecular weight is 921 g/mol. The van der Waals surface area contributed by atoms with Gasteiger partial charge in [-0.1, -0.05) is 212 Å². The minimum Gasteiger partial charge on any atom is -0.0622 e. The van der Waals surface area contributed by atoms with Crippen molar-refractivity contribution < 1.29 is 0 Å². The van der Waals surface area contributed by atoms with Crippen LogP contribution in [0.2, 0.25) is 0 Å². The Labute approximate surface area is 387 Å². The SMILES string of the molecule is c1ccc(-c2ccc(-p3p(-c4ccc(-c5ccccc5)cc4)p(-c4ccc(-c5ccccc5)cc4)p(-c4ccc(-c5ccccc5)cc4)p3-c3ccc(-c4ccccc4)cc3)cc2)cc1. The molecule has 0 aliphatic rings. The Morgan fingerprint density at radius 1 is 0.123 bits per heavy atom. The molecular weight excluding hydrogens is 876 g/mol. The fourth-order valence-corrected chi connectivity index (χ4v) is 73.3. The topological polar surface area (TPSA) is 0 Å². The van der Waals surface area contributed by atoms with Gasteiger partial charge in [0.2, 0.25) is 0 Å². The second-order valence-electron chi connectivity index (χ2n) is 16.0. The predicted molar refractivity (Wildman–Crippen MR) is 291 cm³/mol. The van der Waals surface area contributed by atoms with E-state index < -0.39 is 34.4 Å². The van der Waals surface area contributed by atoms with Crippen LogP contribution in [0.4, 0.5) is 0 Å². The summed E-state index contributed by atoms with van der Waals surface area (Å²) in [6.45, 7) is -3.35. The first kappa shape index (κ1) is 41.4. The Kier molecular flexibility index (Phi) is 12.1. The standard InChI is InChI=1S/C60H45P5/c1-6-16-46(17-7-1)51-26-36-56(37-27-51)61-62(57-38-28-52(29-39-57)47-18-8-2-9-19-47)64(59-42-32-54(33-43-59)49-22-12-4-13-23-49)65(60-44-34-55(35-45-60)50-24-14-5-15-25-50)63(61)58-40-30-53(31-41-58)48-20-10-3-11-21-48/h1-45H. The summed E-state index contributed by atoms with van der Waals surface area (Å²) in [5.74, 6) is 0. The molecular formula is C60H45P5. The summed E-state index contributed by atoms with van der Waals surface area (Å²) in [7, 11) is 0. The molecule has 0 aliphatic heterocycles. The minimum absolute atomic E-state index is 0.670. The summed E-state index contributed by atoms with van der Waals surface area (Å²) >= 11 is 0. The van der Waals surface area contributed by atoms with Crippen LogP contribution in [0.15, 0.2) is 273 Å². The molecule has 1 aromatic heterocycles. The molecule has 0 saturated carbocycles. The molecule has 0 bridgehead atoms. The Hall–Kier alpha value is -6.30. The maximum absolute atomic E-state index is 2.51. The van der Waals surface area contributed by atoms with Crippen LogP contribution < -0.4 is 0 Å². The molecule has 0 nitrogen and oxygen atoms in total. The lowest BCUT2D eigenvalue weighted by atomic mass is 10.1. The van der Waals surface area contributed by atoms with E-state index in [0.717, 1.165) is 0 Å². The van der Waals surface area contributed by atoms with Crippen LogP contribution in [0.25, 0.3) is 82.2 Å². The molecule has 0 aliphatic carbocycles. The van der Waals surface area contributed by atoms with Crippen molar-refractivity contribution in [3.8, 4) is 82.2 Å². The van der Waals surface area contributed by atoms with Gasteiger partial charge in [-0.15, -0.1) is 0 Å². The van der Waals surface area contributed by atoms with Crippen molar-refractivity contribution in [3.63, 3.8) is 0 Å². The van der Waals surface area contributed by atoms with Crippen molar-refractivity contribution in [2.24, 2.45) is 0 Å². The van der Waals surface area contributed by atoms with E-state index in [1.165, 1.54) is 82.2 Å². The van der Waals surface area contributed by atoms with Gasteiger partial charge in [0.15, 0.2) is 0 Å². The van der Waals surface area contributed by atoms with Crippen LogP contribution in [0.5, 0.6) is 0 Å². The zero-order valence-corrected chi connectivity index (χ0v) is 40.2. The van der Waals surface area contributed by atoms with Gasteiger partial charge in [0.25, 0.3) is 0 Å². The highest BCUT2D eigenvalue weighted by Crippen LogP contribution is 2.97. The molecule has 10 aromatic carbocycles. The summed E-state index contributed by atoms with van der Waals surface area (Å²) in [5.41, 5.74) is 12.7. The second-order valence-corrected chi connectivity index (χ2v) is 38.2. The lowest BCUT2D eigenvalue weighted by molar-refractivity contribution is 1.63. The molecule has 0 unspecified atom stereocenters. The lowest BCUT2D eigenvalue weighted by Crippen LogP contribution is -1.77. The molecule has 310 valence electrons. The van der Waals surface area contributed by atoms with Gasteiger partial charge in [-0.2, -0.15) is 0 Å². The van der Waals surface area contributed by atoms with Crippen molar-refractivity contribution >= 4 is 34.4 Å². The highest BCUT2D eigenvalue weighted by atomic mass is 32.7. The van der Waals surface area contributed by atoms with Crippen LogP contribution in [-0.4, -0.2) is 0 Å². The van der Waals surface area contributed by atoms with E-state index in [-0.39, 0.29) is 0 Å². The van der Waals surface area contributed by atoms with Gasteiger partial charge in [-0.3, -0.25) is 0 Å². The van der Waals surface area contributed by atoms with E-state index in [9.17, 15) is 0 Å². The summed E-state index contributed by atoms with van der Waals surface area (Å²) in [6.07, 6.45) is 0. The first-order valence-electron chi connectivity index (χ1n) is 22.0. The molecule has 0 atom stereocenters. The minimum atomic E-state index is -0.670. The third kappa shape index (κ3) is 8.67. The van der Waals surface area contributed by atoms with Gasteiger partial charge in [-0.05, 0) is 151 Å². The van der Waals surface area contributed by atoms with E-state index in [2.05, 4.69) is 273 Å². The largest absolute Gasteiger partial charge is 0.0622 e. The van der Waals surface area contributed by atoms with E-state index in [4.69, 9.17) is 0 Å². The third-order valence-electron chi connectivity index (χ3n) is 11.9. The molecule has 1 heterocycles. The summed E-state index contributed by atoms with van der Waals surface area (Å²) < 4.78 is 0. The normalized spacial score (nSPS) is 12.5. The Morgan fingerprint density at radius 3 is 0.385 bits per heavy atom. The molecule has 0 radical (unpaired) electrons. The maximum atomic E-state index is 2.51. The lowest BCUT2D eigenvalue weighted by Gasteiger charge is -2.15. The molecule has 0 fully saturated rings. The quantitative estimate of drug-likeness (QED) is 0.128. The van der Waals surface area contributed by atoms with Gasteiger partial charge < -0.3 is 0 Å². The first-order valence-corrected chi connectivity index (χ1v) is 32.3. The summed E-state index contributed by atoms with van der Waals surface area (Å²) in [6, 6.07) is 103. The third-order valence-corrected chi connectivity index (χ3v) is 52.3. The van der Waals surface area contributed by atoms with Gasteiger partial charge in [0.1, 0.15) is 0 Å². The van der Waals surface area contributed by atoms with Gasteiger partial charge in [0, 0.05) is 26.5 Å². The molecule has 11 aromatic rings.